The van der Waals surface area contributed by atoms with Crippen LogP contribution in [-0.2, 0) is 25.7 Å². The summed E-state index contributed by atoms with van der Waals surface area (Å²) in [5.74, 6) is -10.6. The van der Waals surface area contributed by atoms with Crippen LogP contribution in [0.5, 0.6) is 57.5 Å². The Hall–Kier alpha value is -7.51. The normalized spacial score (nSPS) is 12.3. The van der Waals surface area contributed by atoms with E-state index < -0.39 is 93.6 Å². The van der Waals surface area contributed by atoms with Gasteiger partial charge < -0.3 is 59.1 Å². The number of phenolic OH excluding ortho intramolecular Hbond substituents is 3. The maximum Gasteiger partial charge on any atom is 0.347 e. The number of ether oxygens (including phenoxy) is 6. The number of hydrogen-bond donors (Lipinski definition) is 6. The number of carboxylic acids is 2. The van der Waals surface area contributed by atoms with Crippen molar-refractivity contribution in [1.82, 2.24) is 0 Å². The van der Waals surface area contributed by atoms with E-state index in [2.05, 4.69) is 0 Å². The van der Waals surface area contributed by atoms with Gasteiger partial charge in [-0.05, 0) is 51.8 Å². The largest absolute Gasteiger partial charge is 0.507 e. The molecule has 4 aromatic rings. The number of methoxy groups -OCH3 is 1. The van der Waals surface area contributed by atoms with Gasteiger partial charge in [0.15, 0.2) is 46.5 Å². The summed E-state index contributed by atoms with van der Waals surface area (Å²) in [6, 6.07) is 1.13. The Morgan fingerprint density at radius 3 is 1.82 bits per heavy atom. The lowest BCUT2D eigenvalue weighted by Crippen LogP contribution is -2.13. The van der Waals surface area contributed by atoms with E-state index in [1.165, 1.54) is 41.7 Å². The summed E-state index contributed by atoms with van der Waals surface area (Å²) in [7, 11) is 1.17. The molecule has 0 aliphatic carbocycles. The highest BCUT2D eigenvalue weighted by Gasteiger charge is 2.37. The molecule has 0 saturated heterocycles. The quantitative estimate of drug-likeness (QED) is 0.0488. The first-order valence-corrected chi connectivity index (χ1v) is 17.8. The molecule has 0 saturated carbocycles. The minimum Gasteiger partial charge on any atom is -0.507 e. The van der Waals surface area contributed by atoms with Crippen LogP contribution in [0.15, 0.2) is 18.2 Å². The number of aryl methyl sites for hydroxylation is 1. The Morgan fingerprint density at radius 2 is 1.23 bits per heavy atom. The van der Waals surface area contributed by atoms with Crippen LogP contribution in [0.2, 0.25) is 10.0 Å². The Kier molecular flexibility index (Phi) is 12.4. The third-order valence-corrected chi connectivity index (χ3v) is 10.1. The highest BCUT2D eigenvalue weighted by atomic mass is 35.5. The lowest BCUT2D eigenvalue weighted by atomic mass is 10.0. The van der Waals surface area contributed by atoms with Gasteiger partial charge >= 0.3 is 35.8 Å². The number of hydrogen-bond acceptors (Lipinski definition) is 17. The average molecular weight is 886 g/mol. The summed E-state index contributed by atoms with van der Waals surface area (Å²) in [5, 5.41) is 59.0. The number of fused-ring (bicyclic) bond motifs is 4. The number of aromatic hydroxyl groups is 4. The molecule has 0 radical (unpaired) electrons. The molecule has 318 valence electrons. The number of carbonyl (C=O) groups is 7. The first-order chi connectivity index (χ1) is 28.6. The lowest BCUT2D eigenvalue weighted by Gasteiger charge is -2.18. The van der Waals surface area contributed by atoms with Crippen LogP contribution in [0, 0.1) is 34.6 Å². The molecule has 0 aromatic heterocycles. The Labute approximate surface area is 352 Å². The van der Waals surface area contributed by atoms with Crippen LogP contribution in [-0.4, -0.2) is 79.9 Å². The van der Waals surface area contributed by atoms with Crippen LogP contribution in [0.3, 0.4) is 0 Å². The summed E-state index contributed by atoms with van der Waals surface area (Å²) in [6.07, 6.45) is 1.30. The maximum absolute atomic E-state index is 12.9. The summed E-state index contributed by atoms with van der Waals surface area (Å²) in [6.45, 7) is 6.26. The van der Waals surface area contributed by atoms with E-state index in [-0.39, 0.29) is 83.8 Å². The first-order valence-electron chi connectivity index (χ1n) is 17.0. The molecule has 61 heavy (non-hydrogen) atoms. The predicted molar refractivity (Wildman–Crippen MR) is 206 cm³/mol. The van der Waals surface area contributed by atoms with Crippen LogP contribution in [0.25, 0.3) is 0 Å². The van der Waals surface area contributed by atoms with E-state index in [4.69, 9.17) is 56.7 Å². The van der Waals surface area contributed by atoms with Crippen molar-refractivity contribution in [1.29, 1.82) is 0 Å². The standard InChI is InChI=1S/C22H16O12.C18H14Cl2O7/c1-8-5-12(24)10(6-23)19-15(8)22(31)34-20-11(7-32-14(27)4-3-13(25)26)17(28)16(21(29)30)9(2)18(20)33-19;1-5-9-16(11(20)13(22)10(5)19)26-14-6(2)8(17(23)25-4)12(21)7(3)15(14)27-18(9)24/h3-6,24,28H,7H2,1-2H3,(H,25,26)(H,29,30);21-22H,1-4H3. The van der Waals surface area contributed by atoms with Gasteiger partial charge in [0.2, 0.25) is 0 Å². The van der Waals surface area contributed by atoms with Gasteiger partial charge in [0.1, 0.15) is 51.1 Å². The highest BCUT2D eigenvalue weighted by molar-refractivity contribution is 6.39. The van der Waals surface area contributed by atoms with Crippen molar-refractivity contribution in [2.75, 3.05) is 7.11 Å². The molecule has 21 heteroatoms. The number of phenols is 4. The number of aromatic carboxylic acids is 1. The second-order valence-corrected chi connectivity index (χ2v) is 13.7. The van der Waals surface area contributed by atoms with Gasteiger partial charge in [-0.1, -0.05) is 23.2 Å². The zero-order valence-electron chi connectivity index (χ0n) is 32.3. The SMILES string of the molecule is COC(=O)c1c(C)c2c(c(C)c1O)OC(=O)c1c(C)c(Cl)c(O)c(Cl)c1O2.Cc1cc(O)c(C=O)c2c1C(=O)Oc1c(COC(=O)C=CC(=O)O)c(O)c(C(=O)O)c(C)c1O2. The number of rotatable bonds is 7. The van der Waals surface area contributed by atoms with Gasteiger partial charge in [-0.15, -0.1) is 0 Å². The van der Waals surface area contributed by atoms with Gasteiger partial charge in [0.05, 0.1) is 23.3 Å². The van der Waals surface area contributed by atoms with Crippen molar-refractivity contribution in [3.63, 3.8) is 0 Å². The van der Waals surface area contributed by atoms with Crippen molar-refractivity contribution in [2.45, 2.75) is 41.2 Å². The van der Waals surface area contributed by atoms with Gasteiger partial charge in [-0.3, -0.25) is 4.79 Å². The third kappa shape index (κ3) is 7.86. The zero-order valence-corrected chi connectivity index (χ0v) is 33.8. The second-order valence-electron chi connectivity index (χ2n) is 12.9. The molecule has 6 rings (SSSR count). The average Bonchev–Trinajstić information content (AvgIpc) is 3.45. The summed E-state index contributed by atoms with van der Waals surface area (Å²) < 4.78 is 31.8. The molecule has 4 aromatic carbocycles. The van der Waals surface area contributed by atoms with E-state index in [0.717, 1.165) is 6.07 Å². The Bertz CT molecular complexity index is 2700. The summed E-state index contributed by atoms with van der Waals surface area (Å²) >= 11 is 12.2. The first kappa shape index (κ1) is 44.6. The summed E-state index contributed by atoms with van der Waals surface area (Å²) in [5.41, 5.74) is -1.54. The fourth-order valence-electron chi connectivity index (χ4n) is 6.20. The lowest BCUT2D eigenvalue weighted by molar-refractivity contribution is -0.139. The second kappa shape index (κ2) is 17.0. The molecule has 0 bridgehead atoms. The van der Waals surface area contributed by atoms with Gasteiger partial charge in [0, 0.05) is 28.8 Å². The van der Waals surface area contributed by atoms with E-state index in [0.29, 0.717) is 12.2 Å². The number of halogens is 2. The molecule has 6 N–H and O–H groups in total. The smallest absolute Gasteiger partial charge is 0.347 e. The van der Waals surface area contributed by atoms with E-state index in [1.807, 2.05) is 0 Å². The number of carbonyl (C=O) groups excluding carboxylic acids is 5. The summed E-state index contributed by atoms with van der Waals surface area (Å²) in [4.78, 5) is 83.4. The molecular formula is C40H30Cl2O19. The number of aldehydes is 1. The topological polar surface area (TPSA) is 296 Å². The molecule has 0 unspecified atom stereocenters. The third-order valence-electron chi connectivity index (χ3n) is 9.26. The predicted octanol–water partition coefficient (Wildman–Crippen LogP) is 6.68. The monoisotopic (exact) mass is 884 g/mol. The number of benzene rings is 4. The van der Waals surface area contributed by atoms with Gasteiger partial charge in [-0.25, -0.2) is 28.8 Å². The van der Waals surface area contributed by atoms with Crippen LogP contribution >= 0.6 is 23.2 Å². The molecule has 0 atom stereocenters. The van der Waals surface area contributed by atoms with Crippen LogP contribution < -0.4 is 18.9 Å². The molecule has 19 nitrogen and oxygen atoms in total. The van der Waals surface area contributed by atoms with Gasteiger partial charge in [-0.2, -0.15) is 0 Å². The molecule has 2 heterocycles. The molecule has 2 aliphatic heterocycles. The van der Waals surface area contributed by atoms with Gasteiger partial charge in [0.25, 0.3) is 0 Å². The molecule has 0 amide bonds. The van der Waals surface area contributed by atoms with Crippen molar-refractivity contribution in [2.24, 2.45) is 0 Å². The number of carboxylic acid groups (broad SMARTS) is 2. The number of esters is 4. The van der Waals surface area contributed by atoms with E-state index in [1.54, 1.807) is 0 Å². The fraction of sp³-hybridized carbons (Fsp3) is 0.175. The minimum absolute atomic E-state index is 0.0131. The van der Waals surface area contributed by atoms with E-state index in [9.17, 15) is 59.1 Å². The molecule has 0 spiro atoms. The highest BCUT2D eigenvalue weighted by Crippen LogP contribution is 2.53. The van der Waals surface area contributed by atoms with E-state index >= 15 is 0 Å². The maximum atomic E-state index is 12.9. The fourth-order valence-corrected chi connectivity index (χ4v) is 6.67. The zero-order chi connectivity index (χ0) is 45.5. The number of aliphatic carboxylic acids is 1. The Balaban J connectivity index is 0.000000237. The molecule has 0 fully saturated rings. The molecular weight excluding hydrogens is 855 g/mol. The molecule has 2 aliphatic rings. The Morgan fingerprint density at radius 1 is 0.672 bits per heavy atom. The van der Waals surface area contributed by atoms with Crippen LogP contribution in [0.1, 0.15) is 85.2 Å². The minimum atomic E-state index is -1.60. The van der Waals surface area contributed by atoms with Crippen LogP contribution in [0.4, 0.5) is 0 Å². The van der Waals surface area contributed by atoms with Crippen molar-refractivity contribution in [3.05, 3.63) is 89.5 Å². The van der Waals surface area contributed by atoms with Crippen molar-refractivity contribution in [3.8, 4) is 57.5 Å². The van der Waals surface area contributed by atoms with Crippen molar-refractivity contribution < 1.29 is 92.6 Å². The van der Waals surface area contributed by atoms with Crippen molar-refractivity contribution >= 4 is 65.3 Å².